The van der Waals surface area contributed by atoms with Gasteiger partial charge in [0.15, 0.2) is 0 Å². The molecule has 1 saturated carbocycles. The number of benzene rings is 1. The molecule has 1 fully saturated rings. The zero-order valence-corrected chi connectivity index (χ0v) is 13.5. The highest BCUT2D eigenvalue weighted by molar-refractivity contribution is 6.35. The second-order valence-electron chi connectivity index (χ2n) is 6.55. The molecule has 1 unspecified atom stereocenters. The minimum absolute atomic E-state index is 0.391. The lowest BCUT2D eigenvalue weighted by Gasteiger charge is -2.36. The zero-order valence-electron chi connectivity index (χ0n) is 12.0. The van der Waals surface area contributed by atoms with Crippen molar-refractivity contribution in [3.8, 4) is 0 Å². The third-order valence-corrected chi connectivity index (χ3v) is 4.95. The molecule has 1 aromatic carbocycles. The summed E-state index contributed by atoms with van der Waals surface area (Å²) in [6, 6.07) is 6.47. The van der Waals surface area contributed by atoms with E-state index in [1.165, 1.54) is 25.7 Å². The number of hydrogen-bond donors (Lipinski definition) is 0. The van der Waals surface area contributed by atoms with Crippen molar-refractivity contribution in [2.75, 3.05) is 0 Å². The van der Waals surface area contributed by atoms with Crippen molar-refractivity contribution in [2.45, 2.75) is 51.5 Å². The lowest BCUT2D eigenvalue weighted by Crippen LogP contribution is -2.25. The molecule has 1 aromatic heterocycles. The van der Waals surface area contributed by atoms with E-state index in [0.717, 1.165) is 16.9 Å². The second kappa shape index (κ2) is 5.23. The predicted octanol–water partition coefficient (Wildman–Crippen LogP) is 5.57. The van der Waals surface area contributed by atoms with Gasteiger partial charge in [-0.15, -0.1) is 11.6 Å². The number of halogens is 2. The third kappa shape index (κ3) is 2.44. The SMILES string of the molecule is CC1(C)CCCC(n2c(CCl)nc3c(Cl)cccc32)C1. The van der Waals surface area contributed by atoms with Gasteiger partial charge in [-0.3, -0.25) is 0 Å². The third-order valence-electron chi connectivity index (χ3n) is 4.41. The van der Waals surface area contributed by atoms with E-state index < -0.39 is 0 Å². The van der Waals surface area contributed by atoms with Crippen LogP contribution in [0.15, 0.2) is 18.2 Å². The quantitative estimate of drug-likeness (QED) is 0.663. The number of alkyl halides is 1. The van der Waals surface area contributed by atoms with Crippen molar-refractivity contribution in [1.82, 2.24) is 9.55 Å². The van der Waals surface area contributed by atoms with Crippen LogP contribution < -0.4 is 0 Å². The summed E-state index contributed by atoms with van der Waals surface area (Å²) in [5, 5.41) is 0.711. The Morgan fingerprint density at radius 2 is 2.20 bits per heavy atom. The van der Waals surface area contributed by atoms with Crippen molar-refractivity contribution < 1.29 is 0 Å². The molecule has 0 spiro atoms. The molecule has 108 valence electrons. The molecule has 20 heavy (non-hydrogen) atoms. The van der Waals surface area contributed by atoms with E-state index in [1.54, 1.807) is 0 Å². The van der Waals surface area contributed by atoms with Crippen molar-refractivity contribution >= 4 is 34.2 Å². The number of nitrogens with zero attached hydrogens (tertiary/aromatic N) is 2. The van der Waals surface area contributed by atoms with E-state index in [-0.39, 0.29) is 0 Å². The van der Waals surface area contributed by atoms with Crippen LogP contribution in [0, 0.1) is 5.41 Å². The Hall–Kier alpha value is -0.730. The molecule has 0 N–H and O–H groups in total. The van der Waals surface area contributed by atoms with E-state index in [2.05, 4.69) is 29.5 Å². The van der Waals surface area contributed by atoms with Crippen LogP contribution in [0.25, 0.3) is 11.0 Å². The first-order valence-electron chi connectivity index (χ1n) is 7.23. The van der Waals surface area contributed by atoms with Gasteiger partial charge >= 0.3 is 0 Å². The topological polar surface area (TPSA) is 17.8 Å². The predicted molar refractivity (Wildman–Crippen MR) is 85.6 cm³/mol. The fourth-order valence-electron chi connectivity index (χ4n) is 3.51. The van der Waals surface area contributed by atoms with Gasteiger partial charge in [-0.05, 0) is 36.8 Å². The summed E-state index contributed by atoms with van der Waals surface area (Å²) in [5.74, 6) is 1.37. The maximum Gasteiger partial charge on any atom is 0.125 e. The van der Waals surface area contributed by atoms with Crippen LogP contribution in [0.1, 0.15) is 51.4 Å². The molecule has 3 rings (SSSR count). The summed E-state index contributed by atoms with van der Waals surface area (Å²) >= 11 is 12.4. The lowest BCUT2D eigenvalue weighted by molar-refractivity contribution is 0.184. The molecule has 1 heterocycles. The Labute approximate surface area is 130 Å². The molecule has 0 saturated heterocycles. The van der Waals surface area contributed by atoms with Crippen LogP contribution in [0.2, 0.25) is 5.02 Å². The maximum atomic E-state index is 6.28. The van der Waals surface area contributed by atoms with Crippen LogP contribution in [-0.4, -0.2) is 9.55 Å². The number of aromatic nitrogens is 2. The summed E-state index contributed by atoms with van der Waals surface area (Å²) in [4.78, 5) is 4.65. The first-order valence-corrected chi connectivity index (χ1v) is 8.14. The van der Waals surface area contributed by atoms with Gasteiger partial charge in [0, 0.05) is 6.04 Å². The van der Waals surface area contributed by atoms with Gasteiger partial charge in [0.05, 0.1) is 16.4 Å². The number of imidazole rings is 1. The summed E-state index contributed by atoms with van der Waals surface area (Å²) in [7, 11) is 0. The van der Waals surface area contributed by atoms with Crippen LogP contribution in [0.5, 0.6) is 0 Å². The Morgan fingerprint density at radius 1 is 1.40 bits per heavy atom. The standard InChI is InChI=1S/C16H20Cl2N2/c1-16(2)8-4-5-11(9-16)20-13-7-3-6-12(18)15(13)19-14(20)10-17/h3,6-7,11H,4-5,8-10H2,1-2H3. The van der Waals surface area contributed by atoms with Crippen LogP contribution in [0.3, 0.4) is 0 Å². The highest BCUT2D eigenvalue weighted by Gasteiger charge is 2.31. The van der Waals surface area contributed by atoms with Gasteiger partial charge < -0.3 is 4.57 Å². The van der Waals surface area contributed by atoms with Crippen LogP contribution in [0.4, 0.5) is 0 Å². The summed E-state index contributed by atoms with van der Waals surface area (Å²) in [6.45, 7) is 4.71. The van der Waals surface area contributed by atoms with E-state index in [0.29, 0.717) is 22.4 Å². The Bertz CT molecular complexity index is 631. The molecule has 1 aliphatic rings. The molecule has 0 bridgehead atoms. The van der Waals surface area contributed by atoms with Crippen LogP contribution in [-0.2, 0) is 5.88 Å². The number of hydrogen-bond acceptors (Lipinski definition) is 1. The van der Waals surface area contributed by atoms with Gasteiger partial charge in [0.2, 0.25) is 0 Å². The van der Waals surface area contributed by atoms with Gasteiger partial charge in [0.1, 0.15) is 11.3 Å². The van der Waals surface area contributed by atoms with E-state index in [9.17, 15) is 0 Å². The first-order chi connectivity index (χ1) is 9.52. The van der Waals surface area contributed by atoms with Gasteiger partial charge in [0.25, 0.3) is 0 Å². The molecule has 2 aromatic rings. The molecule has 1 aliphatic carbocycles. The van der Waals surface area contributed by atoms with Crippen molar-refractivity contribution in [1.29, 1.82) is 0 Å². The molecular weight excluding hydrogens is 291 g/mol. The monoisotopic (exact) mass is 310 g/mol. The average Bonchev–Trinajstić information content (AvgIpc) is 2.77. The maximum absolute atomic E-state index is 6.28. The number of fused-ring (bicyclic) bond motifs is 1. The first kappa shape index (κ1) is 14.2. The second-order valence-corrected chi connectivity index (χ2v) is 7.23. The molecule has 0 amide bonds. The van der Waals surface area contributed by atoms with Crippen molar-refractivity contribution in [3.63, 3.8) is 0 Å². The highest BCUT2D eigenvalue weighted by atomic mass is 35.5. The summed E-state index contributed by atoms with van der Waals surface area (Å²) < 4.78 is 2.33. The molecule has 0 radical (unpaired) electrons. The largest absolute Gasteiger partial charge is 0.324 e. The normalized spacial score (nSPS) is 22.3. The van der Waals surface area contributed by atoms with E-state index in [1.807, 2.05) is 12.1 Å². The molecule has 2 nitrogen and oxygen atoms in total. The average molecular weight is 311 g/mol. The molecular formula is C16H20Cl2N2. The van der Waals surface area contributed by atoms with E-state index in [4.69, 9.17) is 23.2 Å². The van der Waals surface area contributed by atoms with Crippen molar-refractivity contribution in [2.24, 2.45) is 5.41 Å². The molecule has 1 atom stereocenters. The number of rotatable bonds is 2. The molecule has 0 aliphatic heterocycles. The minimum atomic E-state index is 0.391. The smallest absolute Gasteiger partial charge is 0.125 e. The highest BCUT2D eigenvalue weighted by Crippen LogP contribution is 2.43. The minimum Gasteiger partial charge on any atom is -0.324 e. The fourth-order valence-corrected chi connectivity index (χ4v) is 3.91. The van der Waals surface area contributed by atoms with E-state index >= 15 is 0 Å². The Morgan fingerprint density at radius 3 is 2.90 bits per heavy atom. The summed E-state index contributed by atoms with van der Waals surface area (Å²) in [6.07, 6.45) is 4.94. The fraction of sp³-hybridized carbons (Fsp3) is 0.562. The summed E-state index contributed by atoms with van der Waals surface area (Å²) in [5.41, 5.74) is 2.39. The molecule has 4 heteroatoms. The Kier molecular flexibility index (Phi) is 3.72. The van der Waals surface area contributed by atoms with Gasteiger partial charge in [-0.1, -0.05) is 37.9 Å². The van der Waals surface area contributed by atoms with Gasteiger partial charge in [-0.2, -0.15) is 0 Å². The van der Waals surface area contributed by atoms with Gasteiger partial charge in [-0.25, -0.2) is 4.98 Å². The lowest BCUT2D eigenvalue weighted by atomic mass is 9.75. The zero-order chi connectivity index (χ0) is 14.3. The number of para-hydroxylation sites is 1. The van der Waals surface area contributed by atoms with Crippen molar-refractivity contribution in [3.05, 3.63) is 29.0 Å². The van der Waals surface area contributed by atoms with Crippen LogP contribution >= 0.6 is 23.2 Å². The Balaban J connectivity index is 2.12.